The van der Waals surface area contributed by atoms with Gasteiger partial charge in [-0.05, 0) is 12.1 Å². The fraction of sp³-hybridized carbons (Fsp3) is 0.250. The van der Waals surface area contributed by atoms with Gasteiger partial charge in [-0.3, -0.25) is 4.52 Å². The van der Waals surface area contributed by atoms with E-state index in [9.17, 15) is 26.2 Å². The summed E-state index contributed by atoms with van der Waals surface area (Å²) in [6.45, 7) is -0.909. The van der Waals surface area contributed by atoms with E-state index in [1.807, 2.05) is 0 Å². The molecule has 0 heterocycles. The zero-order valence-corrected chi connectivity index (χ0v) is 10.7. The van der Waals surface area contributed by atoms with E-state index in [-0.39, 0.29) is 0 Å². The van der Waals surface area contributed by atoms with Gasteiger partial charge in [0.1, 0.15) is 4.90 Å². The van der Waals surface area contributed by atoms with Crippen molar-refractivity contribution in [2.24, 2.45) is 0 Å². The highest BCUT2D eigenvalue weighted by molar-refractivity contribution is 7.86. The molecule has 0 fully saturated rings. The molecule has 106 valence electrons. The lowest BCUT2D eigenvalue weighted by Gasteiger charge is -2.12. The minimum atomic E-state index is -5.05. The van der Waals surface area contributed by atoms with Crippen LogP contribution in [0.5, 0.6) is 5.75 Å². The lowest BCUT2D eigenvalue weighted by Crippen LogP contribution is -2.19. The second kappa shape index (κ2) is 6.29. The van der Waals surface area contributed by atoms with Crippen LogP contribution in [-0.4, -0.2) is 21.6 Å². The second-order valence-electron chi connectivity index (χ2n) is 2.89. The fourth-order valence-corrected chi connectivity index (χ4v) is 2.11. The predicted octanol–water partition coefficient (Wildman–Crippen LogP) is 2.47. The summed E-state index contributed by atoms with van der Waals surface area (Å²) in [5.74, 6) is -0.935. The molecule has 1 rings (SSSR count). The standard InChI is InChI=1S/C8H6F3O6PS/c9-8(10,11)17-6-3-1-2-4-7(6)19(13,14)16-5-15-18-12/h1-4H,5H2. The van der Waals surface area contributed by atoms with Crippen molar-refractivity contribution >= 4 is 18.8 Å². The Hall–Kier alpha value is -1.22. The van der Waals surface area contributed by atoms with Gasteiger partial charge < -0.3 is 4.74 Å². The van der Waals surface area contributed by atoms with E-state index in [4.69, 9.17) is 0 Å². The molecule has 0 unspecified atom stereocenters. The molecule has 0 bridgehead atoms. The molecule has 19 heavy (non-hydrogen) atoms. The molecule has 0 atom stereocenters. The van der Waals surface area contributed by atoms with Crippen LogP contribution in [0.2, 0.25) is 0 Å². The average molecular weight is 318 g/mol. The van der Waals surface area contributed by atoms with Gasteiger partial charge in [-0.2, -0.15) is 8.42 Å². The normalized spacial score (nSPS) is 12.6. The molecule has 6 nitrogen and oxygen atoms in total. The Balaban J connectivity index is 3.02. The zero-order chi connectivity index (χ0) is 14.5. The molecule has 0 amide bonds. The lowest BCUT2D eigenvalue weighted by atomic mass is 10.3. The van der Waals surface area contributed by atoms with E-state index in [0.29, 0.717) is 0 Å². The minimum Gasteiger partial charge on any atom is -0.404 e. The highest BCUT2D eigenvalue weighted by Gasteiger charge is 2.34. The quantitative estimate of drug-likeness (QED) is 0.347. The van der Waals surface area contributed by atoms with Crippen LogP contribution in [0.4, 0.5) is 13.2 Å². The summed E-state index contributed by atoms with van der Waals surface area (Å²) in [5.41, 5.74) is 0. The third-order valence-corrected chi connectivity index (χ3v) is 3.15. The third kappa shape index (κ3) is 5.11. The van der Waals surface area contributed by atoms with E-state index >= 15 is 0 Å². The van der Waals surface area contributed by atoms with Crippen LogP contribution in [0.15, 0.2) is 29.2 Å². The Morgan fingerprint density at radius 1 is 1.21 bits per heavy atom. The topological polar surface area (TPSA) is 78.9 Å². The van der Waals surface area contributed by atoms with Gasteiger partial charge in [0.2, 0.25) is 0 Å². The van der Waals surface area contributed by atoms with Crippen LogP contribution in [-0.2, 0) is 23.4 Å². The van der Waals surface area contributed by atoms with Gasteiger partial charge in [0.15, 0.2) is 12.5 Å². The molecule has 0 aliphatic heterocycles. The monoisotopic (exact) mass is 318 g/mol. The molecule has 0 radical (unpaired) electrons. The van der Waals surface area contributed by atoms with E-state index in [1.54, 1.807) is 0 Å². The van der Waals surface area contributed by atoms with E-state index in [0.717, 1.165) is 18.2 Å². The zero-order valence-electron chi connectivity index (χ0n) is 8.96. The van der Waals surface area contributed by atoms with Crippen LogP contribution in [0.3, 0.4) is 0 Å². The molecular formula is C8H6F3O6PS. The van der Waals surface area contributed by atoms with Crippen LogP contribution in [0, 0.1) is 0 Å². The molecule has 1 aromatic rings. The minimum absolute atomic E-state index is 0.816. The number of benzene rings is 1. The van der Waals surface area contributed by atoms with E-state index < -0.39 is 42.6 Å². The Bertz CT molecular complexity index is 544. The SMILES string of the molecule is O=POCOS(=O)(=O)c1ccccc1OC(F)(F)F. The molecule has 0 aliphatic carbocycles. The summed E-state index contributed by atoms with van der Waals surface area (Å²) in [6.07, 6.45) is -5.05. The van der Waals surface area contributed by atoms with Gasteiger partial charge >= 0.3 is 25.2 Å². The first-order valence-corrected chi connectivity index (χ1v) is 6.59. The highest BCUT2D eigenvalue weighted by atomic mass is 32.2. The van der Waals surface area contributed by atoms with Crippen molar-refractivity contribution < 1.29 is 39.6 Å². The van der Waals surface area contributed by atoms with Crippen molar-refractivity contribution in [2.75, 3.05) is 6.79 Å². The first kappa shape index (κ1) is 15.8. The van der Waals surface area contributed by atoms with Crippen LogP contribution in [0.1, 0.15) is 0 Å². The molecule has 1 aromatic carbocycles. The smallest absolute Gasteiger partial charge is 0.404 e. The maximum Gasteiger partial charge on any atom is 0.573 e. The van der Waals surface area contributed by atoms with E-state index in [2.05, 4.69) is 13.4 Å². The van der Waals surface area contributed by atoms with Crippen molar-refractivity contribution in [1.29, 1.82) is 0 Å². The number of rotatable bonds is 6. The summed E-state index contributed by atoms with van der Waals surface area (Å²) in [4.78, 5) is -0.821. The molecule has 11 heteroatoms. The number of para-hydroxylation sites is 1. The predicted molar refractivity (Wildman–Crippen MR) is 55.0 cm³/mol. The fourth-order valence-electron chi connectivity index (χ4n) is 1.04. The molecule has 0 aromatic heterocycles. The maximum absolute atomic E-state index is 12.1. The Morgan fingerprint density at radius 3 is 2.42 bits per heavy atom. The number of halogens is 3. The number of hydrogen-bond acceptors (Lipinski definition) is 6. The summed E-state index contributed by atoms with van der Waals surface area (Å²) in [5, 5.41) is 0. The van der Waals surface area contributed by atoms with Crippen molar-refractivity contribution in [3.05, 3.63) is 24.3 Å². The Morgan fingerprint density at radius 2 is 1.84 bits per heavy atom. The third-order valence-electron chi connectivity index (χ3n) is 1.65. The summed E-state index contributed by atoms with van der Waals surface area (Å²) >= 11 is 0. The Kier molecular flexibility index (Phi) is 5.24. The Labute approximate surface area is 107 Å². The highest BCUT2D eigenvalue weighted by Crippen LogP contribution is 2.30. The van der Waals surface area contributed by atoms with Gasteiger partial charge in [-0.15, -0.1) is 13.2 Å². The van der Waals surface area contributed by atoms with Gasteiger partial charge in [-0.1, -0.05) is 12.1 Å². The molecule has 0 saturated heterocycles. The van der Waals surface area contributed by atoms with Crippen LogP contribution < -0.4 is 4.74 Å². The van der Waals surface area contributed by atoms with Crippen LogP contribution in [0.25, 0.3) is 0 Å². The van der Waals surface area contributed by atoms with Gasteiger partial charge in [0.25, 0.3) is 0 Å². The first-order valence-electron chi connectivity index (χ1n) is 4.45. The van der Waals surface area contributed by atoms with Crippen molar-refractivity contribution in [3.8, 4) is 5.75 Å². The summed E-state index contributed by atoms with van der Waals surface area (Å²) < 4.78 is 81.2. The molecular weight excluding hydrogens is 312 g/mol. The summed E-state index contributed by atoms with van der Waals surface area (Å²) in [6, 6.07) is 4.03. The maximum atomic E-state index is 12.1. The van der Waals surface area contributed by atoms with Gasteiger partial charge in [0, 0.05) is 0 Å². The van der Waals surface area contributed by atoms with Crippen molar-refractivity contribution in [1.82, 2.24) is 0 Å². The average Bonchev–Trinajstić information content (AvgIpc) is 2.27. The number of hydrogen-bond donors (Lipinski definition) is 0. The van der Waals surface area contributed by atoms with Gasteiger partial charge in [0.05, 0.1) is 0 Å². The molecule has 0 N–H and O–H groups in total. The van der Waals surface area contributed by atoms with Crippen molar-refractivity contribution in [3.63, 3.8) is 0 Å². The number of alkyl halides is 3. The lowest BCUT2D eigenvalue weighted by molar-refractivity contribution is -0.275. The second-order valence-corrected chi connectivity index (χ2v) is 4.88. The largest absolute Gasteiger partial charge is 0.573 e. The van der Waals surface area contributed by atoms with Crippen molar-refractivity contribution in [2.45, 2.75) is 11.3 Å². The van der Waals surface area contributed by atoms with Crippen LogP contribution >= 0.6 is 8.69 Å². The van der Waals surface area contributed by atoms with Gasteiger partial charge in [-0.25, -0.2) is 8.75 Å². The summed E-state index contributed by atoms with van der Waals surface area (Å²) in [7, 11) is -5.36. The molecule has 0 spiro atoms. The number of ether oxygens (including phenoxy) is 1. The van der Waals surface area contributed by atoms with E-state index in [1.165, 1.54) is 6.07 Å². The molecule has 0 aliphatic rings. The first-order chi connectivity index (χ1) is 8.76. The molecule has 0 saturated carbocycles.